The summed E-state index contributed by atoms with van der Waals surface area (Å²) in [6, 6.07) is 11.5. The predicted octanol–water partition coefficient (Wildman–Crippen LogP) is 2.69. The van der Waals surface area contributed by atoms with E-state index in [4.69, 9.17) is 0 Å². The topological polar surface area (TPSA) is 29.9 Å². The van der Waals surface area contributed by atoms with Crippen LogP contribution in [0.2, 0.25) is 0 Å². The Hall–Kier alpha value is -1.61. The lowest BCUT2D eigenvalue weighted by Gasteiger charge is -2.12. The highest BCUT2D eigenvalue weighted by Gasteiger charge is 2.41. The zero-order valence-corrected chi connectivity index (χ0v) is 11.0. The molecule has 2 aromatic rings. The Morgan fingerprint density at radius 3 is 2.89 bits per heavy atom. The third-order valence-corrected chi connectivity index (χ3v) is 4.52. The monoisotopic (exact) mass is 253 g/mol. The number of imidazole rings is 1. The molecule has 2 heterocycles. The van der Waals surface area contributed by atoms with Crippen molar-refractivity contribution in [2.75, 3.05) is 13.1 Å². The number of nitrogens with one attached hydrogen (secondary N) is 1. The van der Waals surface area contributed by atoms with Gasteiger partial charge in [-0.3, -0.25) is 0 Å². The number of aromatic nitrogens is 2. The van der Waals surface area contributed by atoms with Crippen molar-refractivity contribution in [1.82, 2.24) is 14.9 Å². The molecule has 0 spiro atoms. The van der Waals surface area contributed by atoms with Gasteiger partial charge in [0.2, 0.25) is 0 Å². The molecule has 3 nitrogen and oxygen atoms in total. The summed E-state index contributed by atoms with van der Waals surface area (Å²) in [4.78, 5) is 4.39. The summed E-state index contributed by atoms with van der Waals surface area (Å²) in [5, 5.41) is 3.45. The molecule has 1 aliphatic carbocycles. The normalized spacial score (nSPS) is 29.6. The highest BCUT2D eigenvalue weighted by Crippen LogP contribution is 2.52. The van der Waals surface area contributed by atoms with Crippen LogP contribution in [0, 0.1) is 0 Å². The molecule has 3 heteroatoms. The van der Waals surface area contributed by atoms with E-state index < -0.39 is 0 Å². The molecule has 2 aliphatic rings. The molecule has 0 amide bonds. The van der Waals surface area contributed by atoms with Crippen molar-refractivity contribution in [3.8, 4) is 0 Å². The molecule has 1 aromatic carbocycles. The largest absolute Gasteiger partial charge is 0.331 e. The average molecular weight is 253 g/mol. The van der Waals surface area contributed by atoms with E-state index in [2.05, 4.69) is 51.4 Å². The minimum absolute atomic E-state index is 0.625. The average Bonchev–Trinajstić information content (AvgIpc) is 2.90. The van der Waals surface area contributed by atoms with Crippen LogP contribution in [0.3, 0.4) is 0 Å². The first-order chi connectivity index (χ1) is 9.43. The fourth-order valence-corrected chi connectivity index (χ4v) is 3.36. The number of rotatable bonds is 3. The van der Waals surface area contributed by atoms with Crippen LogP contribution in [-0.4, -0.2) is 22.6 Å². The molecule has 3 unspecified atom stereocenters. The number of benzene rings is 1. The van der Waals surface area contributed by atoms with E-state index in [-0.39, 0.29) is 0 Å². The SMILES string of the molecule is c1ccc(C2CC2n2cncc2C2CCNC2)cc1. The van der Waals surface area contributed by atoms with Crippen LogP contribution in [0.4, 0.5) is 0 Å². The van der Waals surface area contributed by atoms with Gasteiger partial charge in [-0.15, -0.1) is 0 Å². The zero-order valence-electron chi connectivity index (χ0n) is 11.0. The summed E-state index contributed by atoms with van der Waals surface area (Å²) < 4.78 is 2.43. The number of hydrogen-bond donors (Lipinski definition) is 1. The van der Waals surface area contributed by atoms with Crippen LogP contribution >= 0.6 is 0 Å². The van der Waals surface area contributed by atoms with Crippen LogP contribution in [0.15, 0.2) is 42.9 Å². The second-order valence-electron chi connectivity index (χ2n) is 5.74. The summed E-state index contributed by atoms with van der Waals surface area (Å²) in [6.07, 6.45) is 6.60. The molecule has 98 valence electrons. The van der Waals surface area contributed by atoms with E-state index in [9.17, 15) is 0 Å². The Morgan fingerprint density at radius 2 is 2.11 bits per heavy atom. The molecular weight excluding hydrogens is 234 g/mol. The Labute approximate surface area is 113 Å². The second kappa shape index (κ2) is 4.49. The molecule has 1 N–H and O–H groups in total. The summed E-state index contributed by atoms with van der Waals surface area (Å²) >= 11 is 0. The van der Waals surface area contributed by atoms with E-state index in [1.165, 1.54) is 24.1 Å². The van der Waals surface area contributed by atoms with Crippen molar-refractivity contribution in [2.45, 2.75) is 30.7 Å². The fourth-order valence-electron chi connectivity index (χ4n) is 3.36. The predicted molar refractivity (Wildman–Crippen MR) is 75.3 cm³/mol. The molecule has 19 heavy (non-hydrogen) atoms. The van der Waals surface area contributed by atoms with Crippen molar-refractivity contribution >= 4 is 0 Å². The van der Waals surface area contributed by atoms with Crippen LogP contribution in [0.5, 0.6) is 0 Å². The first kappa shape index (κ1) is 11.2. The maximum absolute atomic E-state index is 4.39. The summed E-state index contributed by atoms with van der Waals surface area (Å²) in [5.74, 6) is 1.34. The number of hydrogen-bond acceptors (Lipinski definition) is 2. The lowest BCUT2D eigenvalue weighted by Crippen LogP contribution is -2.11. The van der Waals surface area contributed by atoms with Gasteiger partial charge in [0.25, 0.3) is 0 Å². The maximum atomic E-state index is 4.39. The van der Waals surface area contributed by atoms with E-state index in [1.54, 1.807) is 0 Å². The summed E-state index contributed by atoms with van der Waals surface area (Å²) in [5.41, 5.74) is 2.89. The third kappa shape index (κ3) is 1.98. The molecule has 2 fully saturated rings. The summed E-state index contributed by atoms with van der Waals surface area (Å²) in [6.45, 7) is 2.25. The highest BCUT2D eigenvalue weighted by molar-refractivity contribution is 5.28. The Kier molecular flexibility index (Phi) is 2.66. The quantitative estimate of drug-likeness (QED) is 0.911. The molecule has 1 saturated heterocycles. The van der Waals surface area contributed by atoms with Crippen LogP contribution in [0.1, 0.15) is 42.0 Å². The maximum Gasteiger partial charge on any atom is 0.0951 e. The van der Waals surface area contributed by atoms with Crippen molar-refractivity contribution in [2.24, 2.45) is 0 Å². The van der Waals surface area contributed by atoms with Gasteiger partial charge in [0.05, 0.1) is 6.33 Å². The van der Waals surface area contributed by atoms with Gasteiger partial charge >= 0.3 is 0 Å². The molecule has 1 saturated carbocycles. The van der Waals surface area contributed by atoms with Crippen molar-refractivity contribution in [3.63, 3.8) is 0 Å². The molecule has 1 aromatic heterocycles. The van der Waals surface area contributed by atoms with Crippen molar-refractivity contribution in [1.29, 1.82) is 0 Å². The molecule has 1 aliphatic heterocycles. The highest BCUT2D eigenvalue weighted by atomic mass is 15.1. The molecule has 4 rings (SSSR count). The minimum atomic E-state index is 0.625. The fraction of sp³-hybridized carbons (Fsp3) is 0.438. The van der Waals surface area contributed by atoms with Gasteiger partial charge in [0.15, 0.2) is 0 Å². The van der Waals surface area contributed by atoms with E-state index >= 15 is 0 Å². The lowest BCUT2D eigenvalue weighted by molar-refractivity contribution is 0.619. The Morgan fingerprint density at radius 1 is 1.21 bits per heavy atom. The van der Waals surface area contributed by atoms with Crippen LogP contribution < -0.4 is 5.32 Å². The van der Waals surface area contributed by atoms with E-state index in [1.807, 2.05) is 6.33 Å². The van der Waals surface area contributed by atoms with Gasteiger partial charge in [-0.2, -0.15) is 0 Å². The van der Waals surface area contributed by atoms with Gasteiger partial charge in [0.1, 0.15) is 0 Å². The third-order valence-electron chi connectivity index (χ3n) is 4.52. The van der Waals surface area contributed by atoms with Gasteiger partial charge in [-0.05, 0) is 24.9 Å². The second-order valence-corrected chi connectivity index (χ2v) is 5.74. The lowest BCUT2D eigenvalue weighted by atomic mass is 10.1. The van der Waals surface area contributed by atoms with Crippen LogP contribution in [-0.2, 0) is 0 Å². The first-order valence-corrected chi connectivity index (χ1v) is 7.21. The summed E-state index contributed by atoms with van der Waals surface area (Å²) in [7, 11) is 0. The Bertz CT molecular complexity index is 554. The molecule has 0 radical (unpaired) electrons. The van der Waals surface area contributed by atoms with Crippen molar-refractivity contribution in [3.05, 3.63) is 54.1 Å². The van der Waals surface area contributed by atoms with Gasteiger partial charge in [-0.25, -0.2) is 4.98 Å². The molecular formula is C16H19N3. The zero-order chi connectivity index (χ0) is 12.7. The van der Waals surface area contributed by atoms with Crippen molar-refractivity contribution < 1.29 is 0 Å². The minimum Gasteiger partial charge on any atom is -0.331 e. The Balaban J connectivity index is 1.57. The molecule has 0 bridgehead atoms. The molecule has 3 atom stereocenters. The van der Waals surface area contributed by atoms with E-state index in [0.717, 1.165) is 13.1 Å². The standard InChI is InChI=1S/C16H19N3/c1-2-4-12(5-3-1)14-8-15(14)19-11-18-10-16(19)13-6-7-17-9-13/h1-5,10-11,13-15,17H,6-9H2. The van der Waals surface area contributed by atoms with Gasteiger partial charge in [0, 0.05) is 36.3 Å². The van der Waals surface area contributed by atoms with E-state index in [0.29, 0.717) is 17.9 Å². The smallest absolute Gasteiger partial charge is 0.0951 e. The van der Waals surface area contributed by atoms with Crippen LogP contribution in [0.25, 0.3) is 0 Å². The van der Waals surface area contributed by atoms with Gasteiger partial charge < -0.3 is 9.88 Å². The number of nitrogens with zero attached hydrogens (tertiary/aromatic N) is 2. The van der Waals surface area contributed by atoms with Gasteiger partial charge in [-0.1, -0.05) is 30.3 Å². The first-order valence-electron chi connectivity index (χ1n) is 7.21.